The summed E-state index contributed by atoms with van der Waals surface area (Å²) in [4.78, 5) is 23.7. The molecule has 2 rings (SSSR count). The molecule has 0 aromatic heterocycles. The summed E-state index contributed by atoms with van der Waals surface area (Å²) in [5, 5.41) is 3.06. The highest BCUT2D eigenvalue weighted by molar-refractivity contribution is 5.85. The first-order valence-electron chi connectivity index (χ1n) is 7.89. The highest BCUT2D eigenvalue weighted by atomic mass is 16.2. The van der Waals surface area contributed by atoms with Crippen LogP contribution in [-0.4, -0.2) is 18.4 Å². The van der Waals surface area contributed by atoms with E-state index in [0.29, 0.717) is 0 Å². The van der Waals surface area contributed by atoms with Gasteiger partial charge in [-0.2, -0.15) is 0 Å². The predicted octanol–water partition coefficient (Wildman–Crippen LogP) is 2.41. The zero-order valence-electron chi connectivity index (χ0n) is 14.3. The van der Waals surface area contributed by atoms with Crippen molar-refractivity contribution in [2.24, 2.45) is 0 Å². The minimum atomic E-state index is -0.298. The molecule has 0 saturated carbocycles. The summed E-state index contributed by atoms with van der Waals surface area (Å²) >= 11 is 0. The molecule has 0 aliphatic heterocycles. The highest BCUT2D eigenvalue weighted by Gasteiger charge is 2.07. The maximum Gasteiger partial charge on any atom is 0.257 e. The molecular formula is C19H23N3O2. The normalized spacial score (nSPS) is 10.1. The maximum atomic E-state index is 11.9. The van der Waals surface area contributed by atoms with Crippen molar-refractivity contribution in [2.75, 3.05) is 11.9 Å². The van der Waals surface area contributed by atoms with Crippen LogP contribution in [0, 0.1) is 20.8 Å². The third kappa shape index (κ3) is 5.12. The molecule has 0 heterocycles. The predicted molar refractivity (Wildman–Crippen MR) is 95.6 cm³/mol. The lowest BCUT2D eigenvalue weighted by atomic mass is 10.1. The number of hydrazine groups is 1. The fourth-order valence-electron chi connectivity index (χ4n) is 2.40. The lowest BCUT2D eigenvalue weighted by Crippen LogP contribution is -2.44. The van der Waals surface area contributed by atoms with Crippen molar-refractivity contribution >= 4 is 17.5 Å². The summed E-state index contributed by atoms with van der Waals surface area (Å²) in [6, 6.07) is 13.6. The molecule has 5 heteroatoms. The molecule has 0 bridgehead atoms. The average Bonchev–Trinajstić information content (AvgIpc) is 2.54. The van der Waals surface area contributed by atoms with Crippen molar-refractivity contribution < 1.29 is 9.59 Å². The number of nitrogens with one attached hydrogen (secondary N) is 3. The summed E-state index contributed by atoms with van der Waals surface area (Å²) in [7, 11) is 0. The van der Waals surface area contributed by atoms with E-state index in [1.165, 1.54) is 5.56 Å². The Morgan fingerprint density at radius 1 is 0.875 bits per heavy atom. The van der Waals surface area contributed by atoms with Gasteiger partial charge in [0.25, 0.3) is 5.91 Å². The molecule has 126 valence electrons. The van der Waals surface area contributed by atoms with Crippen LogP contribution in [0.3, 0.4) is 0 Å². The number of anilines is 1. The zero-order chi connectivity index (χ0) is 17.5. The topological polar surface area (TPSA) is 70.2 Å². The Morgan fingerprint density at radius 2 is 1.58 bits per heavy atom. The minimum Gasteiger partial charge on any atom is -0.376 e. The van der Waals surface area contributed by atoms with Crippen LogP contribution in [0.15, 0.2) is 42.5 Å². The van der Waals surface area contributed by atoms with E-state index in [4.69, 9.17) is 0 Å². The number of carbonyl (C=O) groups is 2. The van der Waals surface area contributed by atoms with Gasteiger partial charge in [0.1, 0.15) is 0 Å². The number of hydrogen-bond donors (Lipinski definition) is 3. The van der Waals surface area contributed by atoms with Gasteiger partial charge < -0.3 is 5.32 Å². The first-order chi connectivity index (χ1) is 11.5. The van der Waals surface area contributed by atoms with Crippen molar-refractivity contribution in [3.63, 3.8) is 0 Å². The van der Waals surface area contributed by atoms with Crippen LogP contribution in [0.5, 0.6) is 0 Å². The van der Waals surface area contributed by atoms with Crippen LogP contribution >= 0.6 is 0 Å². The van der Waals surface area contributed by atoms with E-state index < -0.39 is 0 Å². The maximum absolute atomic E-state index is 11.9. The summed E-state index contributed by atoms with van der Waals surface area (Å²) in [5.41, 5.74) is 10.0. The van der Waals surface area contributed by atoms with Gasteiger partial charge in [-0.05, 0) is 43.5 Å². The van der Waals surface area contributed by atoms with Crippen LogP contribution in [0.25, 0.3) is 0 Å². The molecule has 0 radical (unpaired) electrons. The highest BCUT2D eigenvalue weighted by Crippen LogP contribution is 2.15. The second-order valence-electron chi connectivity index (χ2n) is 5.87. The van der Waals surface area contributed by atoms with E-state index in [1.807, 2.05) is 63.2 Å². The van der Waals surface area contributed by atoms with Gasteiger partial charge in [0.2, 0.25) is 5.91 Å². The molecule has 0 fully saturated rings. The van der Waals surface area contributed by atoms with E-state index in [9.17, 15) is 9.59 Å². The van der Waals surface area contributed by atoms with Crippen LogP contribution in [0.4, 0.5) is 5.69 Å². The number of amides is 2. The molecule has 0 aliphatic rings. The molecule has 0 atom stereocenters. The Labute approximate surface area is 142 Å². The molecule has 0 saturated heterocycles. The zero-order valence-corrected chi connectivity index (χ0v) is 14.3. The smallest absolute Gasteiger partial charge is 0.257 e. The molecule has 2 aromatic rings. The van der Waals surface area contributed by atoms with Gasteiger partial charge in [0.05, 0.1) is 13.0 Å². The van der Waals surface area contributed by atoms with E-state index in [-0.39, 0.29) is 24.8 Å². The quantitative estimate of drug-likeness (QED) is 0.739. The van der Waals surface area contributed by atoms with Crippen molar-refractivity contribution in [3.05, 3.63) is 64.7 Å². The Kier molecular flexibility index (Phi) is 5.95. The van der Waals surface area contributed by atoms with Crippen molar-refractivity contribution in [1.82, 2.24) is 10.9 Å². The van der Waals surface area contributed by atoms with Gasteiger partial charge in [0.15, 0.2) is 0 Å². The Hall–Kier alpha value is -2.82. The first kappa shape index (κ1) is 17.5. The molecular weight excluding hydrogens is 302 g/mol. The van der Waals surface area contributed by atoms with E-state index in [2.05, 4.69) is 16.2 Å². The second kappa shape index (κ2) is 8.15. The fourth-order valence-corrected chi connectivity index (χ4v) is 2.40. The first-order valence-corrected chi connectivity index (χ1v) is 7.89. The SMILES string of the molecule is Cc1ccc(NCC(=O)NNC(=O)Cc2ccccc2C)c(C)c1. The largest absolute Gasteiger partial charge is 0.376 e. The molecule has 0 spiro atoms. The third-order valence-electron chi connectivity index (χ3n) is 3.77. The van der Waals surface area contributed by atoms with Gasteiger partial charge >= 0.3 is 0 Å². The number of carbonyl (C=O) groups excluding carboxylic acids is 2. The molecule has 0 aliphatic carbocycles. The van der Waals surface area contributed by atoms with E-state index >= 15 is 0 Å². The van der Waals surface area contributed by atoms with Crippen LogP contribution in [0.1, 0.15) is 22.3 Å². The van der Waals surface area contributed by atoms with Gasteiger partial charge in [-0.1, -0.05) is 42.0 Å². The van der Waals surface area contributed by atoms with Crippen molar-refractivity contribution in [1.29, 1.82) is 0 Å². The van der Waals surface area contributed by atoms with Crippen molar-refractivity contribution in [3.8, 4) is 0 Å². The van der Waals surface area contributed by atoms with E-state index in [0.717, 1.165) is 22.4 Å². The number of aryl methyl sites for hydroxylation is 3. The lowest BCUT2D eigenvalue weighted by Gasteiger charge is -2.11. The number of benzene rings is 2. The molecule has 0 unspecified atom stereocenters. The average molecular weight is 325 g/mol. The fraction of sp³-hybridized carbons (Fsp3) is 0.263. The lowest BCUT2D eigenvalue weighted by molar-refractivity contribution is -0.127. The summed E-state index contributed by atoms with van der Waals surface area (Å²) in [5.74, 6) is -0.544. The molecule has 5 nitrogen and oxygen atoms in total. The van der Waals surface area contributed by atoms with Gasteiger partial charge in [0, 0.05) is 5.69 Å². The summed E-state index contributed by atoms with van der Waals surface area (Å²) < 4.78 is 0. The minimum absolute atomic E-state index is 0.0918. The van der Waals surface area contributed by atoms with Gasteiger partial charge in [-0.15, -0.1) is 0 Å². The monoisotopic (exact) mass is 325 g/mol. The Bertz CT molecular complexity index is 741. The van der Waals surface area contributed by atoms with Crippen LogP contribution in [0.2, 0.25) is 0 Å². The summed E-state index contributed by atoms with van der Waals surface area (Å²) in [6.07, 6.45) is 0.234. The molecule has 2 aromatic carbocycles. The van der Waals surface area contributed by atoms with Crippen LogP contribution < -0.4 is 16.2 Å². The van der Waals surface area contributed by atoms with Gasteiger partial charge in [-0.3, -0.25) is 20.4 Å². The number of rotatable bonds is 5. The van der Waals surface area contributed by atoms with Gasteiger partial charge in [-0.25, -0.2) is 0 Å². The number of hydrogen-bond acceptors (Lipinski definition) is 3. The standard InChI is InChI=1S/C19H23N3O2/c1-13-8-9-17(15(3)10-13)20-12-19(24)22-21-18(23)11-16-7-5-4-6-14(16)2/h4-10,20H,11-12H2,1-3H3,(H,21,23)(H,22,24). The molecule has 2 amide bonds. The second-order valence-corrected chi connectivity index (χ2v) is 5.87. The molecule has 3 N–H and O–H groups in total. The van der Waals surface area contributed by atoms with Crippen LogP contribution in [-0.2, 0) is 16.0 Å². The molecule has 24 heavy (non-hydrogen) atoms. The Balaban J connectivity index is 1.76. The van der Waals surface area contributed by atoms with E-state index in [1.54, 1.807) is 0 Å². The Morgan fingerprint density at radius 3 is 2.29 bits per heavy atom. The van der Waals surface area contributed by atoms with Crippen molar-refractivity contribution in [2.45, 2.75) is 27.2 Å². The summed E-state index contributed by atoms with van der Waals surface area (Å²) in [6.45, 7) is 6.05. The third-order valence-corrected chi connectivity index (χ3v) is 3.77.